The molecule has 0 aliphatic heterocycles. The SMILES string of the molecule is O=C(CCc1ncc(-c2ccccc2Cl)o1)NCc1ccccc1[N+](=O)[O-]. The third-order valence-electron chi connectivity index (χ3n) is 3.92. The fraction of sp³-hybridized carbons (Fsp3) is 0.158. The van der Waals surface area contributed by atoms with Gasteiger partial charge in [-0.05, 0) is 12.1 Å². The first-order valence-corrected chi connectivity index (χ1v) is 8.61. The van der Waals surface area contributed by atoms with E-state index in [-0.39, 0.29) is 24.6 Å². The molecule has 1 amide bonds. The van der Waals surface area contributed by atoms with Crippen molar-refractivity contribution in [3.05, 3.63) is 81.3 Å². The highest BCUT2D eigenvalue weighted by molar-refractivity contribution is 6.33. The largest absolute Gasteiger partial charge is 0.441 e. The molecule has 0 fully saturated rings. The lowest BCUT2D eigenvalue weighted by Gasteiger charge is -2.05. The Kier molecular flexibility index (Phi) is 5.83. The van der Waals surface area contributed by atoms with Crippen LogP contribution in [0.1, 0.15) is 17.9 Å². The molecule has 0 unspecified atom stereocenters. The van der Waals surface area contributed by atoms with E-state index >= 15 is 0 Å². The van der Waals surface area contributed by atoms with Gasteiger partial charge in [-0.2, -0.15) is 0 Å². The van der Waals surface area contributed by atoms with Crippen molar-refractivity contribution >= 4 is 23.2 Å². The number of carbonyl (C=O) groups excluding carboxylic acids is 1. The highest BCUT2D eigenvalue weighted by Crippen LogP contribution is 2.28. The van der Waals surface area contributed by atoms with E-state index in [9.17, 15) is 14.9 Å². The van der Waals surface area contributed by atoms with Crippen molar-refractivity contribution in [2.24, 2.45) is 0 Å². The van der Waals surface area contributed by atoms with E-state index in [1.807, 2.05) is 18.2 Å². The van der Waals surface area contributed by atoms with Crippen molar-refractivity contribution < 1.29 is 14.1 Å². The number of aryl methyl sites for hydroxylation is 1. The van der Waals surface area contributed by atoms with Crippen LogP contribution in [0.3, 0.4) is 0 Å². The third kappa shape index (κ3) is 4.71. The Morgan fingerprint density at radius 1 is 1.19 bits per heavy atom. The van der Waals surface area contributed by atoms with Crippen LogP contribution in [0.25, 0.3) is 11.3 Å². The molecular formula is C19H16ClN3O4. The molecule has 0 aliphatic carbocycles. The first-order chi connectivity index (χ1) is 13.0. The van der Waals surface area contributed by atoms with Gasteiger partial charge in [0, 0.05) is 36.6 Å². The summed E-state index contributed by atoms with van der Waals surface area (Å²) in [6.45, 7) is 0.0897. The number of nitro benzene ring substituents is 1. The van der Waals surface area contributed by atoms with Gasteiger partial charge < -0.3 is 9.73 Å². The molecular weight excluding hydrogens is 370 g/mol. The third-order valence-corrected chi connectivity index (χ3v) is 4.25. The molecule has 2 aromatic carbocycles. The van der Waals surface area contributed by atoms with Gasteiger partial charge in [0.1, 0.15) is 0 Å². The van der Waals surface area contributed by atoms with Crippen LogP contribution in [0.15, 0.2) is 59.1 Å². The first-order valence-electron chi connectivity index (χ1n) is 8.23. The Labute approximate surface area is 160 Å². The summed E-state index contributed by atoms with van der Waals surface area (Å²) >= 11 is 6.13. The van der Waals surface area contributed by atoms with E-state index < -0.39 is 4.92 Å². The molecule has 0 radical (unpaired) electrons. The number of benzene rings is 2. The van der Waals surface area contributed by atoms with E-state index in [2.05, 4.69) is 10.3 Å². The van der Waals surface area contributed by atoms with Gasteiger partial charge in [0.25, 0.3) is 5.69 Å². The van der Waals surface area contributed by atoms with Gasteiger partial charge in [0.05, 0.1) is 16.1 Å². The second-order valence-electron chi connectivity index (χ2n) is 5.76. The fourth-order valence-corrected chi connectivity index (χ4v) is 2.78. The summed E-state index contributed by atoms with van der Waals surface area (Å²) in [5, 5.41) is 14.2. The van der Waals surface area contributed by atoms with Gasteiger partial charge >= 0.3 is 0 Å². The van der Waals surface area contributed by atoms with E-state index in [4.69, 9.17) is 16.0 Å². The lowest BCUT2D eigenvalue weighted by atomic mass is 10.2. The van der Waals surface area contributed by atoms with Crippen LogP contribution in [-0.2, 0) is 17.8 Å². The number of nitro groups is 1. The molecule has 8 heteroatoms. The molecule has 138 valence electrons. The van der Waals surface area contributed by atoms with Gasteiger partial charge in [-0.25, -0.2) is 4.98 Å². The summed E-state index contributed by atoms with van der Waals surface area (Å²) in [7, 11) is 0. The second kappa shape index (κ2) is 8.46. The maximum absolute atomic E-state index is 12.0. The zero-order chi connectivity index (χ0) is 19.2. The maximum atomic E-state index is 12.0. The second-order valence-corrected chi connectivity index (χ2v) is 6.17. The molecule has 0 bridgehead atoms. The van der Waals surface area contributed by atoms with Crippen LogP contribution in [0.5, 0.6) is 0 Å². The predicted octanol–water partition coefficient (Wildman–Crippen LogP) is 4.15. The Bertz CT molecular complexity index is 971. The quantitative estimate of drug-likeness (QED) is 0.486. The predicted molar refractivity (Wildman–Crippen MR) is 100 cm³/mol. The maximum Gasteiger partial charge on any atom is 0.274 e. The summed E-state index contributed by atoms with van der Waals surface area (Å²) in [6.07, 6.45) is 2.04. The summed E-state index contributed by atoms with van der Waals surface area (Å²) in [4.78, 5) is 26.7. The Morgan fingerprint density at radius 3 is 2.70 bits per heavy atom. The number of aromatic nitrogens is 1. The molecule has 0 saturated carbocycles. The average Bonchev–Trinajstić information content (AvgIpc) is 3.14. The minimum absolute atomic E-state index is 0.0186. The lowest BCUT2D eigenvalue weighted by molar-refractivity contribution is -0.385. The van der Waals surface area contributed by atoms with E-state index in [1.54, 1.807) is 30.5 Å². The monoisotopic (exact) mass is 385 g/mol. The van der Waals surface area contributed by atoms with E-state index in [0.717, 1.165) is 5.56 Å². The zero-order valence-electron chi connectivity index (χ0n) is 14.2. The molecule has 0 spiro atoms. The molecule has 1 N–H and O–H groups in total. The summed E-state index contributed by atoms with van der Waals surface area (Å²) < 4.78 is 5.65. The number of halogens is 1. The molecule has 0 atom stereocenters. The summed E-state index contributed by atoms with van der Waals surface area (Å²) in [5.41, 5.74) is 1.17. The van der Waals surface area contributed by atoms with Crippen LogP contribution >= 0.6 is 11.6 Å². The van der Waals surface area contributed by atoms with Crippen LogP contribution in [0.4, 0.5) is 5.69 Å². The van der Waals surface area contributed by atoms with Crippen LogP contribution in [0, 0.1) is 10.1 Å². The fourth-order valence-electron chi connectivity index (χ4n) is 2.55. The molecule has 0 saturated heterocycles. The number of hydrogen-bond acceptors (Lipinski definition) is 5. The van der Waals surface area contributed by atoms with Crippen LogP contribution < -0.4 is 5.32 Å². The molecule has 27 heavy (non-hydrogen) atoms. The topological polar surface area (TPSA) is 98.3 Å². The Balaban J connectivity index is 1.55. The number of nitrogens with one attached hydrogen (secondary N) is 1. The van der Waals surface area contributed by atoms with Crippen molar-refractivity contribution in [3.8, 4) is 11.3 Å². The smallest absolute Gasteiger partial charge is 0.274 e. The number of carbonyl (C=O) groups is 1. The standard InChI is InChI=1S/C19H16ClN3O4/c20-15-7-3-2-6-14(15)17-12-22-19(27-17)10-9-18(24)21-11-13-5-1-4-8-16(13)23(25)26/h1-8,12H,9-11H2,(H,21,24). The van der Waals surface area contributed by atoms with Crippen LogP contribution in [0.2, 0.25) is 5.02 Å². The highest BCUT2D eigenvalue weighted by Gasteiger charge is 2.14. The lowest BCUT2D eigenvalue weighted by Crippen LogP contribution is -2.23. The van der Waals surface area contributed by atoms with Crippen molar-refractivity contribution in [1.29, 1.82) is 0 Å². The van der Waals surface area contributed by atoms with Crippen molar-refractivity contribution in [2.45, 2.75) is 19.4 Å². The molecule has 1 heterocycles. The minimum Gasteiger partial charge on any atom is -0.441 e. The number of para-hydroxylation sites is 1. The summed E-state index contributed by atoms with van der Waals surface area (Å²) in [5.74, 6) is 0.715. The van der Waals surface area contributed by atoms with Gasteiger partial charge in [0.2, 0.25) is 5.91 Å². The van der Waals surface area contributed by atoms with Crippen molar-refractivity contribution in [1.82, 2.24) is 10.3 Å². The number of nitrogens with zero attached hydrogens (tertiary/aromatic N) is 2. The van der Waals surface area contributed by atoms with Gasteiger partial charge in [-0.3, -0.25) is 14.9 Å². The summed E-state index contributed by atoms with van der Waals surface area (Å²) in [6, 6.07) is 13.6. The minimum atomic E-state index is -0.468. The van der Waals surface area contributed by atoms with Gasteiger partial charge in [0.15, 0.2) is 11.7 Å². The zero-order valence-corrected chi connectivity index (χ0v) is 15.0. The number of rotatable bonds is 7. The average molecular weight is 386 g/mol. The molecule has 3 aromatic rings. The van der Waals surface area contributed by atoms with E-state index in [0.29, 0.717) is 28.7 Å². The molecule has 7 nitrogen and oxygen atoms in total. The normalized spacial score (nSPS) is 10.6. The first kappa shape index (κ1) is 18.6. The van der Waals surface area contributed by atoms with Gasteiger partial charge in [-0.1, -0.05) is 41.9 Å². The number of amides is 1. The number of oxazole rings is 1. The Hall–Kier alpha value is -3.19. The van der Waals surface area contributed by atoms with E-state index in [1.165, 1.54) is 6.07 Å². The van der Waals surface area contributed by atoms with Crippen molar-refractivity contribution in [2.75, 3.05) is 0 Å². The van der Waals surface area contributed by atoms with Crippen molar-refractivity contribution in [3.63, 3.8) is 0 Å². The molecule has 0 aliphatic rings. The van der Waals surface area contributed by atoms with Gasteiger partial charge in [-0.15, -0.1) is 0 Å². The Morgan fingerprint density at radius 2 is 1.93 bits per heavy atom. The number of hydrogen-bond donors (Lipinski definition) is 1. The molecule has 3 rings (SSSR count). The van der Waals surface area contributed by atoms with Crippen LogP contribution in [-0.4, -0.2) is 15.8 Å². The molecule has 1 aromatic heterocycles. The highest BCUT2D eigenvalue weighted by atomic mass is 35.5.